The highest BCUT2D eigenvalue weighted by molar-refractivity contribution is 5.94. The molecule has 0 saturated carbocycles. The van der Waals surface area contributed by atoms with E-state index in [0.29, 0.717) is 12.8 Å². The Morgan fingerprint density at radius 3 is 2.41 bits per heavy atom. The van der Waals surface area contributed by atoms with E-state index in [1.54, 1.807) is 0 Å². The third kappa shape index (κ3) is 5.95. The molecule has 22 heavy (non-hydrogen) atoms. The molecule has 0 aliphatic heterocycles. The molecule has 2 atom stereocenters. The summed E-state index contributed by atoms with van der Waals surface area (Å²) in [4.78, 5) is 22.9. The first-order chi connectivity index (χ1) is 9.85. The van der Waals surface area contributed by atoms with Crippen molar-refractivity contribution in [3.05, 3.63) is 29.8 Å². The standard InChI is InChI=1S/C14H18F2N2O3.ClH/c1-3-4-12(14(20)21)17-8(2)13(19)18-9-5-6-10(15)11(16)7-9;/h5-8,12,17H,3-4H2,1-2H3,(H,18,19)(H,20,21);1H. The molecule has 124 valence electrons. The van der Waals surface area contributed by atoms with Gasteiger partial charge in [0.2, 0.25) is 5.91 Å². The Balaban J connectivity index is 0.00000441. The van der Waals surface area contributed by atoms with E-state index in [4.69, 9.17) is 5.11 Å². The number of benzene rings is 1. The monoisotopic (exact) mass is 336 g/mol. The van der Waals surface area contributed by atoms with Crippen LogP contribution in [0, 0.1) is 11.6 Å². The zero-order valence-corrected chi connectivity index (χ0v) is 13.0. The van der Waals surface area contributed by atoms with E-state index in [1.165, 1.54) is 13.0 Å². The number of amides is 1. The van der Waals surface area contributed by atoms with Gasteiger partial charge in [-0.05, 0) is 25.5 Å². The van der Waals surface area contributed by atoms with E-state index in [0.717, 1.165) is 12.1 Å². The molecule has 1 aromatic rings. The van der Waals surface area contributed by atoms with Crippen LogP contribution < -0.4 is 10.6 Å². The van der Waals surface area contributed by atoms with Gasteiger partial charge in [-0.15, -0.1) is 12.4 Å². The van der Waals surface area contributed by atoms with Gasteiger partial charge in [0.1, 0.15) is 6.04 Å². The van der Waals surface area contributed by atoms with Crippen LogP contribution in [0.3, 0.4) is 0 Å². The Morgan fingerprint density at radius 2 is 1.91 bits per heavy atom. The van der Waals surface area contributed by atoms with E-state index in [9.17, 15) is 18.4 Å². The second kappa shape index (κ2) is 9.32. The topological polar surface area (TPSA) is 78.4 Å². The maximum Gasteiger partial charge on any atom is 0.320 e. The van der Waals surface area contributed by atoms with Gasteiger partial charge in [0.05, 0.1) is 6.04 Å². The summed E-state index contributed by atoms with van der Waals surface area (Å²) in [5.74, 6) is -3.64. The summed E-state index contributed by atoms with van der Waals surface area (Å²) in [6, 6.07) is 1.37. The van der Waals surface area contributed by atoms with Crippen molar-refractivity contribution in [2.45, 2.75) is 38.8 Å². The molecule has 0 aliphatic carbocycles. The predicted octanol–water partition coefficient (Wildman–Crippen LogP) is 2.56. The summed E-state index contributed by atoms with van der Waals surface area (Å²) in [6.45, 7) is 3.34. The highest BCUT2D eigenvalue weighted by atomic mass is 35.5. The molecule has 3 N–H and O–H groups in total. The third-order valence-electron chi connectivity index (χ3n) is 2.91. The number of carboxylic acids is 1. The molecule has 0 radical (unpaired) electrons. The van der Waals surface area contributed by atoms with Crippen LogP contribution in [0.2, 0.25) is 0 Å². The minimum Gasteiger partial charge on any atom is -0.480 e. The Morgan fingerprint density at radius 1 is 1.27 bits per heavy atom. The normalized spacial score (nSPS) is 12.9. The molecule has 1 aromatic carbocycles. The van der Waals surface area contributed by atoms with Gasteiger partial charge in [0.25, 0.3) is 0 Å². The zero-order valence-electron chi connectivity index (χ0n) is 12.2. The lowest BCUT2D eigenvalue weighted by Crippen LogP contribution is -2.47. The third-order valence-corrected chi connectivity index (χ3v) is 2.91. The van der Waals surface area contributed by atoms with E-state index >= 15 is 0 Å². The highest BCUT2D eigenvalue weighted by Gasteiger charge is 2.22. The van der Waals surface area contributed by atoms with Crippen molar-refractivity contribution >= 4 is 30.0 Å². The lowest BCUT2D eigenvalue weighted by atomic mass is 10.1. The number of halogens is 3. The number of carbonyl (C=O) groups is 2. The second-order valence-electron chi connectivity index (χ2n) is 4.69. The van der Waals surface area contributed by atoms with Crippen LogP contribution in [0.4, 0.5) is 14.5 Å². The lowest BCUT2D eigenvalue weighted by molar-refractivity contribution is -0.140. The zero-order chi connectivity index (χ0) is 16.0. The molecule has 8 heteroatoms. The number of hydrogen-bond donors (Lipinski definition) is 3. The van der Waals surface area contributed by atoms with Crippen LogP contribution in [-0.4, -0.2) is 29.1 Å². The fourth-order valence-corrected chi connectivity index (χ4v) is 1.77. The van der Waals surface area contributed by atoms with Crippen LogP contribution in [0.1, 0.15) is 26.7 Å². The second-order valence-corrected chi connectivity index (χ2v) is 4.69. The number of anilines is 1. The average molecular weight is 337 g/mol. The maximum atomic E-state index is 13.0. The van der Waals surface area contributed by atoms with E-state index in [1.807, 2.05) is 6.92 Å². The minimum absolute atomic E-state index is 0. The van der Waals surface area contributed by atoms with Crippen molar-refractivity contribution < 1.29 is 23.5 Å². The molecule has 2 unspecified atom stereocenters. The van der Waals surface area contributed by atoms with Crippen molar-refractivity contribution in [1.29, 1.82) is 0 Å². The predicted molar refractivity (Wildman–Crippen MR) is 81.2 cm³/mol. The van der Waals surface area contributed by atoms with Crippen LogP contribution in [0.5, 0.6) is 0 Å². The first-order valence-electron chi connectivity index (χ1n) is 6.60. The molecule has 0 aliphatic rings. The van der Waals surface area contributed by atoms with Gasteiger partial charge in [-0.1, -0.05) is 13.3 Å². The molecule has 0 spiro atoms. The van der Waals surface area contributed by atoms with Crippen molar-refractivity contribution in [3.8, 4) is 0 Å². The first kappa shape index (κ1) is 20.3. The molecule has 0 fully saturated rings. The summed E-state index contributed by atoms with van der Waals surface area (Å²) >= 11 is 0. The number of carbonyl (C=O) groups excluding carboxylic acids is 1. The van der Waals surface area contributed by atoms with Gasteiger partial charge in [0, 0.05) is 11.8 Å². The van der Waals surface area contributed by atoms with Crippen LogP contribution >= 0.6 is 12.4 Å². The summed E-state index contributed by atoms with van der Waals surface area (Å²) in [5, 5.41) is 14.1. The van der Waals surface area contributed by atoms with Gasteiger partial charge in [0.15, 0.2) is 11.6 Å². The summed E-state index contributed by atoms with van der Waals surface area (Å²) in [6.07, 6.45) is 1.04. The Hall–Kier alpha value is -1.73. The molecule has 0 saturated heterocycles. The summed E-state index contributed by atoms with van der Waals surface area (Å²) < 4.78 is 25.8. The minimum atomic E-state index is -1.07. The van der Waals surface area contributed by atoms with Gasteiger partial charge < -0.3 is 10.4 Å². The van der Waals surface area contributed by atoms with Crippen molar-refractivity contribution in [2.75, 3.05) is 5.32 Å². The average Bonchev–Trinajstić information content (AvgIpc) is 2.42. The van der Waals surface area contributed by atoms with E-state index in [-0.39, 0.29) is 18.1 Å². The SMILES string of the molecule is CCCC(NC(C)C(=O)Nc1ccc(F)c(F)c1)C(=O)O.Cl. The smallest absolute Gasteiger partial charge is 0.320 e. The summed E-state index contributed by atoms with van der Waals surface area (Å²) in [5.41, 5.74) is 0.106. The first-order valence-corrected chi connectivity index (χ1v) is 6.60. The molecule has 5 nitrogen and oxygen atoms in total. The molecular formula is C14H19ClF2N2O3. The number of hydrogen-bond acceptors (Lipinski definition) is 3. The van der Waals surface area contributed by atoms with Gasteiger partial charge >= 0.3 is 5.97 Å². The van der Waals surface area contributed by atoms with Gasteiger partial charge in [-0.3, -0.25) is 14.9 Å². The Labute approximate surface area is 133 Å². The van der Waals surface area contributed by atoms with Crippen LogP contribution in [-0.2, 0) is 9.59 Å². The highest BCUT2D eigenvalue weighted by Crippen LogP contribution is 2.13. The van der Waals surface area contributed by atoms with Crippen LogP contribution in [0.15, 0.2) is 18.2 Å². The van der Waals surface area contributed by atoms with Crippen LogP contribution in [0.25, 0.3) is 0 Å². The Kier molecular flexibility index (Phi) is 8.59. The summed E-state index contributed by atoms with van der Waals surface area (Å²) in [7, 11) is 0. The molecule has 0 aromatic heterocycles. The number of rotatable bonds is 7. The molecule has 1 amide bonds. The molecule has 0 heterocycles. The van der Waals surface area contributed by atoms with Gasteiger partial charge in [-0.2, -0.15) is 0 Å². The quantitative estimate of drug-likeness (QED) is 0.715. The molecule has 0 bridgehead atoms. The lowest BCUT2D eigenvalue weighted by Gasteiger charge is -2.19. The number of carboxylic acid groups (broad SMARTS) is 1. The Bertz CT molecular complexity index is 529. The van der Waals surface area contributed by atoms with E-state index in [2.05, 4.69) is 10.6 Å². The maximum absolute atomic E-state index is 13.0. The van der Waals surface area contributed by atoms with Crippen molar-refractivity contribution in [2.24, 2.45) is 0 Å². The largest absolute Gasteiger partial charge is 0.480 e. The molecular weight excluding hydrogens is 318 g/mol. The number of nitrogens with one attached hydrogen (secondary N) is 2. The van der Waals surface area contributed by atoms with Crippen molar-refractivity contribution in [1.82, 2.24) is 5.32 Å². The molecule has 1 rings (SSSR count). The fourth-order valence-electron chi connectivity index (χ4n) is 1.77. The number of aliphatic carboxylic acids is 1. The van der Waals surface area contributed by atoms with Crippen molar-refractivity contribution in [3.63, 3.8) is 0 Å². The van der Waals surface area contributed by atoms with E-state index < -0.39 is 35.6 Å². The fraction of sp³-hybridized carbons (Fsp3) is 0.429. The van der Waals surface area contributed by atoms with Gasteiger partial charge in [-0.25, -0.2) is 8.78 Å².